The smallest absolute Gasteiger partial charge is 0.122 e. The van der Waals surface area contributed by atoms with Gasteiger partial charge in [-0.25, -0.2) is 0 Å². The number of ether oxygens (including phenoxy) is 1. The largest absolute Gasteiger partial charge is 0.491 e. The van der Waals surface area contributed by atoms with Gasteiger partial charge in [-0.3, -0.25) is 0 Å². The third kappa shape index (κ3) is 3.72. The maximum absolute atomic E-state index is 10.2. The van der Waals surface area contributed by atoms with Crippen LogP contribution < -0.4 is 10.5 Å². The zero-order valence-corrected chi connectivity index (χ0v) is 12.0. The number of aryl methyl sites for hydroxylation is 1. The van der Waals surface area contributed by atoms with Gasteiger partial charge in [0, 0.05) is 6.04 Å². The number of hydrogen-bond acceptors (Lipinski definition) is 3. The van der Waals surface area contributed by atoms with E-state index in [1.54, 1.807) is 0 Å². The van der Waals surface area contributed by atoms with Crippen LogP contribution in [0.15, 0.2) is 18.2 Å². The lowest BCUT2D eigenvalue weighted by molar-refractivity contribution is 0.125. The quantitative estimate of drug-likeness (QED) is 0.846. The van der Waals surface area contributed by atoms with Gasteiger partial charge < -0.3 is 15.6 Å². The molecular formula is C15H25NO2. The van der Waals surface area contributed by atoms with Gasteiger partial charge in [-0.2, -0.15) is 0 Å². The van der Waals surface area contributed by atoms with E-state index in [9.17, 15) is 5.11 Å². The topological polar surface area (TPSA) is 55.5 Å². The van der Waals surface area contributed by atoms with Gasteiger partial charge in [0.15, 0.2) is 0 Å². The van der Waals surface area contributed by atoms with Gasteiger partial charge in [-0.1, -0.05) is 19.9 Å². The maximum Gasteiger partial charge on any atom is 0.122 e. The Bertz CT molecular complexity index is 388. The highest BCUT2D eigenvalue weighted by Gasteiger charge is 2.20. The zero-order valence-electron chi connectivity index (χ0n) is 12.0. The molecule has 0 amide bonds. The van der Waals surface area contributed by atoms with E-state index in [2.05, 4.69) is 0 Å². The number of nitrogens with two attached hydrogens (primary N) is 1. The molecule has 0 spiro atoms. The van der Waals surface area contributed by atoms with E-state index in [1.165, 1.54) is 0 Å². The van der Waals surface area contributed by atoms with E-state index < -0.39 is 6.10 Å². The highest BCUT2D eigenvalue weighted by atomic mass is 16.5. The molecule has 0 heterocycles. The standard InChI is InChI=1S/C15H25NO2/c1-9(2)14(16)15(17)12-6-7-13(11(5)8-12)18-10(3)4/h6-10,14-15,17H,16H2,1-5H3. The Kier molecular flexibility index (Phi) is 5.17. The summed E-state index contributed by atoms with van der Waals surface area (Å²) in [5.41, 5.74) is 7.86. The van der Waals surface area contributed by atoms with E-state index in [4.69, 9.17) is 10.5 Å². The predicted octanol–water partition coefficient (Wildman–Crippen LogP) is 2.80. The third-order valence-corrected chi connectivity index (χ3v) is 3.04. The molecule has 3 heteroatoms. The summed E-state index contributed by atoms with van der Waals surface area (Å²) in [5.74, 6) is 1.10. The highest BCUT2D eigenvalue weighted by molar-refractivity contribution is 5.37. The van der Waals surface area contributed by atoms with Crippen molar-refractivity contribution in [2.75, 3.05) is 0 Å². The van der Waals surface area contributed by atoms with E-state index in [1.807, 2.05) is 52.8 Å². The molecule has 3 nitrogen and oxygen atoms in total. The molecule has 102 valence electrons. The van der Waals surface area contributed by atoms with E-state index in [0.29, 0.717) is 0 Å². The first-order valence-corrected chi connectivity index (χ1v) is 6.53. The average molecular weight is 251 g/mol. The van der Waals surface area contributed by atoms with Crippen molar-refractivity contribution in [2.24, 2.45) is 11.7 Å². The van der Waals surface area contributed by atoms with Crippen molar-refractivity contribution >= 4 is 0 Å². The molecule has 0 aliphatic heterocycles. The van der Waals surface area contributed by atoms with Crippen LogP contribution in [0.3, 0.4) is 0 Å². The Morgan fingerprint density at radius 2 is 1.78 bits per heavy atom. The van der Waals surface area contributed by atoms with Crippen LogP contribution in [-0.2, 0) is 0 Å². The normalized spacial score (nSPS) is 14.9. The molecule has 0 aliphatic carbocycles. The first-order chi connectivity index (χ1) is 8.32. The molecule has 1 rings (SSSR count). The Morgan fingerprint density at radius 1 is 1.17 bits per heavy atom. The van der Waals surface area contributed by atoms with Crippen LogP contribution in [0.1, 0.15) is 44.9 Å². The number of rotatable bonds is 5. The van der Waals surface area contributed by atoms with Crippen LogP contribution >= 0.6 is 0 Å². The number of aliphatic hydroxyl groups excluding tert-OH is 1. The molecule has 0 radical (unpaired) electrons. The van der Waals surface area contributed by atoms with Gasteiger partial charge in [0.05, 0.1) is 12.2 Å². The summed E-state index contributed by atoms with van der Waals surface area (Å²) in [5, 5.41) is 10.2. The first kappa shape index (κ1) is 15.0. The molecule has 2 atom stereocenters. The van der Waals surface area contributed by atoms with Gasteiger partial charge in [0.25, 0.3) is 0 Å². The average Bonchev–Trinajstić information content (AvgIpc) is 2.29. The molecule has 1 aromatic rings. The fraction of sp³-hybridized carbons (Fsp3) is 0.600. The molecule has 0 aliphatic rings. The van der Waals surface area contributed by atoms with E-state index >= 15 is 0 Å². The number of hydrogen-bond donors (Lipinski definition) is 2. The van der Waals surface area contributed by atoms with Crippen molar-refractivity contribution in [2.45, 2.75) is 52.9 Å². The van der Waals surface area contributed by atoms with Crippen LogP contribution in [0.2, 0.25) is 0 Å². The van der Waals surface area contributed by atoms with Crippen LogP contribution in [0.5, 0.6) is 5.75 Å². The van der Waals surface area contributed by atoms with Crippen LogP contribution in [0, 0.1) is 12.8 Å². The van der Waals surface area contributed by atoms with Gasteiger partial charge in [0.1, 0.15) is 5.75 Å². The van der Waals surface area contributed by atoms with Crippen molar-refractivity contribution in [1.29, 1.82) is 0 Å². The third-order valence-electron chi connectivity index (χ3n) is 3.04. The summed E-state index contributed by atoms with van der Waals surface area (Å²) >= 11 is 0. The van der Waals surface area contributed by atoms with Crippen molar-refractivity contribution < 1.29 is 9.84 Å². The molecule has 0 fully saturated rings. The van der Waals surface area contributed by atoms with Crippen LogP contribution in [0.4, 0.5) is 0 Å². The van der Waals surface area contributed by atoms with Crippen molar-refractivity contribution in [3.63, 3.8) is 0 Å². The second-order valence-corrected chi connectivity index (χ2v) is 5.46. The Balaban J connectivity index is 2.90. The summed E-state index contributed by atoms with van der Waals surface area (Å²) < 4.78 is 5.67. The minimum absolute atomic E-state index is 0.150. The fourth-order valence-corrected chi connectivity index (χ4v) is 1.83. The molecule has 0 aromatic heterocycles. The monoisotopic (exact) mass is 251 g/mol. The van der Waals surface area contributed by atoms with Gasteiger partial charge >= 0.3 is 0 Å². The van der Waals surface area contributed by atoms with Gasteiger partial charge in [0.2, 0.25) is 0 Å². The summed E-state index contributed by atoms with van der Waals surface area (Å²) in [6.07, 6.45) is -0.478. The molecular weight excluding hydrogens is 226 g/mol. The second-order valence-electron chi connectivity index (χ2n) is 5.46. The van der Waals surface area contributed by atoms with E-state index in [0.717, 1.165) is 16.9 Å². The van der Waals surface area contributed by atoms with Crippen LogP contribution in [0.25, 0.3) is 0 Å². The van der Waals surface area contributed by atoms with Crippen LogP contribution in [-0.4, -0.2) is 17.3 Å². The second kappa shape index (κ2) is 6.21. The minimum Gasteiger partial charge on any atom is -0.491 e. The Morgan fingerprint density at radius 3 is 2.22 bits per heavy atom. The molecule has 3 N–H and O–H groups in total. The summed E-state index contributed by atoms with van der Waals surface area (Å²) in [7, 11) is 0. The molecule has 0 bridgehead atoms. The van der Waals surface area contributed by atoms with Gasteiger partial charge in [-0.05, 0) is 49.9 Å². The molecule has 0 saturated heterocycles. The SMILES string of the molecule is Cc1cc(C(O)C(N)C(C)C)ccc1OC(C)C. The van der Waals surface area contributed by atoms with E-state index in [-0.39, 0.29) is 18.1 Å². The van der Waals surface area contributed by atoms with Crippen molar-refractivity contribution in [1.82, 2.24) is 0 Å². The minimum atomic E-state index is -0.628. The predicted molar refractivity (Wildman–Crippen MR) is 74.7 cm³/mol. The summed E-state index contributed by atoms with van der Waals surface area (Å²) in [6.45, 7) is 10.00. The summed E-state index contributed by atoms with van der Waals surface area (Å²) in [6, 6.07) is 5.49. The summed E-state index contributed by atoms with van der Waals surface area (Å²) in [4.78, 5) is 0. The lowest BCUT2D eigenvalue weighted by atomic mass is 9.93. The molecule has 1 aromatic carbocycles. The molecule has 2 unspecified atom stereocenters. The van der Waals surface area contributed by atoms with Crippen molar-refractivity contribution in [3.05, 3.63) is 29.3 Å². The lowest BCUT2D eigenvalue weighted by Crippen LogP contribution is -2.33. The number of benzene rings is 1. The lowest BCUT2D eigenvalue weighted by Gasteiger charge is -2.23. The zero-order chi connectivity index (χ0) is 13.9. The van der Waals surface area contributed by atoms with Crippen molar-refractivity contribution in [3.8, 4) is 5.75 Å². The Labute approximate surface area is 110 Å². The molecule has 0 saturated carbocycles. The first-order valence-electron chi connectivity index (χ1n) is 6.53. The molecule has 18 heavy (non-hydrogen) atoms. The van der Waals surface area contributed by atoms with Gasteiger partial charge in [-0.15, -0.1) is 0 Å². The fourth-order valence-electron chi connectivity index (χ4n) is 1.83. The maximum atomic E-state index is 10.2. The Hall–Kier alpha value is -1.06. The number of aliphatic hydroxyl groups is 1. The highest BCUT2D eigenvalue weighted by Crippen LogP contribution is 2.26.